The first-order chi connectivity index (χ1) is 15.1. The predicted molar refractivity (Wildman–Crippen MR) is 144 cm³/mol. The summed E-state index contributed by atoms with van der Waals surface area (Å²) in [4.78, 5) is 9.41. The number of likely N-dealkylation sites (tertiary alicyclic amines) is 1. The van der Waals surface area contributed by atoms with E-state index >= 15 is 0 Å². The molecule has 0 amide bonds. The maximum atomic E-state index is 5.42. The molecule has 2 saturated heterocycles. The molecule has 2 fully saturated rings. The number of piperidine rings is 1. The molecule has 1 aromatic rings. The zero-order valence-electron chi connectivity index (χ0n) is 20.2. The number of methoxy groups -OCH3 is 2. The van der Waals surface area contributed by atoms with Gasteiger partial charge in [-0.05, 0) is 57.7 Å². The van der Waals surface area contributed by atoms with Crippen molar-refractivity contribution >= 4 is 35.6 Å². The first kappa shape index (κ1) is 26.8. The van der Waals surface area contributed by atoms with Crippen LogP contribution in [0.3, 0.4) is 0 Å². The Morgan fingerprint density at radius 2 is 1.72 bits per heavy atom. The molecule has 7 nitrogen and oxygen atoms in total. The highest BCUT2D eigenvalue weighted by molar-refractivity contribution is 14.0. The SMILES string of the molecule is CN=C(NCCCCN1CCC(C)CC1)NC1CCN(c2cc(OC)cc(OC)c2)C1.I. The third-order valence-electron chi connectivity index (χ3n) is 6.52. The van der Waals surface area contributed by atoms with Crippen LogP contribution in [0, 0.1) is 5.92 Å². The summed E-state index contributed by atoms with van der Waals surface area (Å²) < 4.78 is 10.8. The molecule has 1 aromatic carbocycles. The number of unbranched alkanes of at least 4 members (excludes halogenated alkanes) is 1. The lowest BCUT2D eigenvalue weighted by atomic mass is 9.99. The van der Waals surface area contributed by atoms with Crippen molar-refractivity contribution in [2.75, 3.05) is 65.4 Å². The molecule has 32 heavy (non-hydrogen) atoms. The average Bonchev–Trinajstić information content (AvgIpc) is 3.27. The molecule has 0 spiro atoms. The van der Waals surface area contributed by atoms with Crippen LogP contribution in [0.25, 0.3) is 0 Å². The number of halogens is 1. The zero-order valence-corrected chi connectivity index (χ0v) is 22.6. The van der Waals surface area contributed by atoms with E-state index in [1.165, 1.54) is 45.3 Å². The van der Waals surface area contributed by atoms with Gasteiger partial charge in [0.25, 0.3) is 0 Å². The summed E-state index contributed by atoms with van der Waals surface area (Å²) in [5, 5.41) is 7.09. The van der Waals surface area contributed by atoms with Gasteiger partial charge < -0.3 is 29.9 Å². The lowest BCUT2D eigenvalue weighted by Crippen LogP contribution is -2.45. The van der Waals surface area contributed by atoms with E-state index in [9.17, 15) is 0 Å². The Morgan fingerprint density at radius 1 is 1.03 bits per heavy atom. The van der Waals surface area contributed by atoms with Gasteiger partial charge in [-0.25, -0.2) is 0 Å². The summed E-state index contributed by atoms with van der Waals surface area (Å²) in [5.41, 5.74) is 1.13. The molecule has 2 aliphatic rings. The molecule has 0 aromatic heterocycles. The standard InChI is InChI=1S/C24H41N5O2.HI/c1-19-7-12-28(13-8-19)11-6-5-10-26-24(25-2)27-20-9-14-29(18-20)21-15-22(30-3)17-23(16-21)31-4;/h15-17,19-20H,5-14,18H2,1-4H3,(H2,25,26,27);1H. The molecule has 0 radical (unpaired) electrons. The highest BCUT2D eigenvalue weighted by Gasteiger charge is 2.24. The number of nitrogens with zero attached hydrogens (tertiary/aromatic N) is 3. The van der Waals surface area contributed by atoms with Crippen LogP contribution >= 0.6 is 24.0 Å². The van der Waals surface area contributed by atoms with Crippen molar-refractivity contribution in [1.82, 2.24) is 15.5 Å². The molecular weight excluding hydrogens is 517 g/mol. The van der Waals surface area contributed by atoms with Crippen LogP contribution in [0.4, 0.5) is 5.69 Å². The van der Waals surface area contributed by atoms with E-state index in [2.05, 4.69) is 44.5 Å². The summed E-state index contributed by atoms with van der Waals surface area (Å²) in [6.07, 6.45) is 6.21. The van der Waals surface area contributed by atoms with Gasteiger partial charge in [-0.15, -0.1) is 24.0 Å². The van der Waals surface area contributed by atoms with E-state index in [-0.39, 0.29) is 24.0 Å². The second-order valence-corrected chi connectivity index (χ2v) is 8.88. The Morgan fingerprint density at radius 3 is 2.34 bits per heavy atom. The van der Waals surface area contributed by atoms with Gasteiger partial charge in [0.15, 0.2) is 5.96 Å². The summed E-state index contributed by atoms with van der Waals surface area (Å²) in [6.45, 7) is 9.04. The van der Waals surface area contributed by atoms with E-state index in [0.29, 0.717) is 6.04 Å². The van der Waals surface area contributed by atoms with Crippen LogP contribution in [0.5, 0.6) is 11.5 Å². The average molecular weight is 560 g/mol. The molecule has 0 bridgehead atoms. The number of guanidine groups is 1. The normalized spacial score (nSPS) is 20.1. The minimum atomic E-state index is 0. The van der Waals surface area contributed by atoms with Crippen molar-refractivity contribution in [3.05, 3.63) is 18.2 Å². The van der Waals surface area contributed by atoms with Gasteiger partial charge in [0.05, 0.1) is 14.2 Å². The van der Waals surface area contributed by atoms with Crippen LogP contribution in [0.1, 0.15) is 39.0 Å². The molecule has 0 saturated carbocycles. The summed E-state index contributed by atoms with van der Waals surface area (Å²) in [7, 11) is 5.23. The number of benzene rings is 1. The van der Waals surface area contributed by atoms with Gasteiger partial charge in [-0.2, -0.15) is 0 Å². The lowest BCUT2D eigenvalue weighted by molar-refractivity contribution is 0.189. The third-order valence-corrected chi connectivity index (χ3v) is 6.52. The summed E-state index contributed by atoms with van der Waals surface area (Å²) in [6, 6.07) is 6.42. The maximum Gasteiger partial charge on any atom is 0.191 e. The second kappa shape index (κ2) is 14.0. The van der Waals surface area contributed by atoms with Crippen LogP contribution in [0.2, 0.25) is 0 Å². The van der Waals surface area contributed by atoms with Crippen LogP contribution < -0.4 is 25.0 Å². The first-order valence-corrected chi connectivity index (χ1v) is 11.8. The van der Waals surface area contributed by atoms with Crippen molar-refractivity contribution in [3.8, 4) is 11.5 Å². The van der Waals surface area contributed by atoms with Gasteiger partial charge >= 0.3 is 0 Å². The van der Waals surface area contributed by atoms with E-state index in [1.807, 2.05) is 13.1 Å². The number of nitrogens with one attached hydrogen (secondary N) is 2. The smallest absolute Gasteiger partial charge is 0.191 e. The van der Waals surface area contributed by atoms with Crippen molar-refractivity contribution in [3.63, 3.8) is 0 Å². The van der Waals surface area contributed by atoms with Crippen molar-refractivity contribution in [2.24, 2.45) is 10.9 Å². The number of ether oxygens (including phenoxy) is 2. The minimum Gasteiger partial charge on any atom is -0.497 e. The molecule has 0 aliphatic carbocycles. The Hall–Kier alpha value is -1.42. The largest absolute Gasteiger partial charge is 0.497 e. The summed E-state index contributed by atoms with van der Waals surface area (Å²) >= 11 is 0. The lowest BCUT2D eigenvalue weighted by Gasteiger charge is -2.30. The molecule has 3 rings (SSSR count). The predicted octanol–water partition coefficient (Wildman–Crippen LogP) is 3.58. The Bertz CT molecular complexity index is 687. The maximum absolute atomic E-state index is 5.42. The minimum absolute atomic E-state index is 0. The van der Waals surface area contributed by atoms with Crippen LogP contribution in [-0.4, -0.2) is 77.4 Å². The second-order valence-electron chi connectivity index (χ2n) is 8.88. The molecule has 2 aliphatic heterocycles. The number of rotatable bonds is 9. The fourth-order valence-electron chi connectivity index (χ4n) is 4.43. The van der Waals surface area contributed by atoms with E-state index in [1.54, 1.807) is 14.2 Å². The molecule has 1 unspecified atom stereocenters. The molecule has 2 N–H and O–H groups in total. The van der Waals surface area contributed by atoms with Crippen molar-refractivity contribution in [1.29, 1.82) is 0 Å². The molecule has 182 valence electrons. The van der Waals surface area contributed by atoms with Crippen molar-refractivity contribution in [2.45, 2.75) is 45.1 Å². The van der Waals surface area contributed by atoms with Crippen LogP contribution in [-0.2, 0) is 0 Å². The fraction of sp³-hybridized carbons (Fsp3) is 0.708. The first-order valence-electron chi connectivity index (χ1n) is 11.8. The van der Waals surface area contributed by atoms with Gasteiger partial charge in [-0.1, -0.05) is 6.92 Å². The topological polar surface area (TPSA) is 61.4 Å². The zero-order chi connectivity index (χ0) is 22.1. The van der Waals surface area contributed by atoms with Crippen molar-refractivity contribution < 1.29 is 9.47 Å². The number of aliphatic imine (C=N–C) groups is 1. The molecule has 8 heteroatoms. The number of anilines is 1. The molecule has 2 heterocycles. The van der Waals surface area contributed by atoms with E-state index in [4.69, 9.17) is 9.47 Å². The number of hydrogen-bond acceptors (Lipinski definition) is 5. The van der Waals surface area contributed by atoms with Gasteiger partial charge in [-0.3, -0.25) is 4.99 Å². The fourth-order valence-corrected chi connectivity index (χ4v) is 4.43. The quantitative estimate of drug-likeness (QED) is 0.209. The van der Waals surface area contributed by atoms with Gasteiger partial charge in [0.2, 0.25) is 0 Å². The molecular formula is C24H42IN5O2. The highest BCUT2D eigenvalue weighted by atomic mass is 127. The Labute approximate surface area is 211 Å². The monoisotopic (exact) mass is 559 g/mol. The Balaban J connectivity index is 0.00000363. The van der Waals surface area contributed by atoms with E-state index < -0.39 is 0 Å². The Kier molecular flexibility index (Phi) is 11.7. The molecule has 1 atom stereocenters. The van der Waals surface area contributed by atoms with Crippen LogP contribution in [0.15, 0.2) is 23.2 Å². The van der Waals surface area contributed by atoms with E-state index in [0.717, 1.165) is 55.1 Å². The third kappa shape index (κ3) is 8.17. The van der Waals surface area contributed by atoms with Gasteiger partial charge in [0, 0.05) is 56.6 Å². The number of hydrogen-bond donors (Lipinski definition) is 2. The highest BCUT2D eigenvalue weighted by Crippen LogP contribution is 2.30. The summed E-state index contributed by atoms with van der Waals surface area (Å²) in [5.74, 6) is 3.45. The van der Waals surface area contributed by atoms with Gasteiger partial charge in [0.1, 0.15) is 11.5 Å².